The molecule has 1 aromatic carbocycles. The lowest BCUT2D eigenvalue weighted by molar-refractivity contribution is 0.198. The third-order valence-corrected chi connectivity index (χ3v) is 7.73. The van der Waals surface area contributed by atoms with Gasteiger partial charge in [-0.3, -0.25) is 0 Å². The van der Waals surface area contributed by atoms with E-state index in [-0.39, 0.29) is 0 Å². The van der Waals surface area contributed by atoms with E-state index >= 15 is 0 Å². The van der Waals surface area contributed by atoms with Gasteiger partial charge in [0.2, 0.25) is 0 Å². The summed E-state index contributed by atoms with van der Waals surface area (Å²) in [5.74, 6) is 3.24. The standard InChI is InChI=1S/C32H50N2O/c1-3-5-7-9-10-11-13-14-27-18-22-31(23-19-27)35-26-28-16-20-30(21-17-28)32-33-24-29(25-34-32)15-12-8-6-4-2/h18-19,22-25,28,30H,3-17,20-21,26H2,1-2H3. The molecule has 0 spiro atoms. The zero-order valence-electron chi connectivity index (χ0n) is 22.6. The van der Waals surface area contributed by atoms with Gasteiger partial charge in [0, 0.05) is 18.3 Å². The van der Waals surface area contributed by atoms with Crippen LogP contribution in [0, 0.1) is 5.92 Å². The number of aromatic nitrogens is 2. The van der Waals surface area contributed by atoms with Crippen LogP contribution in [0.1, 0.15) is 133 Å². The average Bonchev–Trinajstić information content (AvgIpc) is 2.91. The Morgan fingerprint density at radius 2 is 1.20 bits per heavy atom. The van der Waals surface area contributed by atoms with Crippen molar-refractivity contribution >= 4 is 0 Å². The predicted molar refractivity (Wildman–Crippen MR) is 148 cm³/mol. The summed E-state index contributed by atoms with van der Waals surface area (Å²) >= 11 is 0. The molecule has 0 N–H and O–H groups in total. The van der Waals surface area contributed by atoms with Crippen LogP contribution >= 0.6 is 0 Å². The molecule has 0 radical (unpaired) electrons. The SMILES string of the molecule is CCCCCCCCCc1ccc(OCC2CCC(c3ncc(CCCCCC)cn3)CC2)cc1. The molecule has 3 nitrogen and oxygen atoms in total. The van der Waals surface area contributed by atoms with Crippen molar-refractivity contribution < 1.29 is 4.74 Å². The maximum Gasteiger partial charge on any atom is 0.131 e. The summed E-state index contributed by atoms with van der Waals surface area (Å²) in [7, 11) is 0. The van der Waals surface area contributed by atoms with Gasteiger partial charge >= 0.3 is 0 Å². The molecule has 1 aliphatic carbocycles. The third-order valence-electron chi connectivity index (χ3n) is 7.73. The van der Waals surface area contributed by atoms with E-state index in [1.54, 1.807) is 0 Å². The molecule has 194 valence electrons. The summed E-state index contributed by atoms with van der Waals surface area (Å²) in [5.41, 5.74) is 2.73. The Morgan fingerprint density at radius 3 is 1.83 bits per heavy atom. The second kappa shape index (κ2) is 16.7. The van der Waals surface area contributed by atoms with E-state index in [0.29, 0.717) is 11.8 Å². The summed E-state index contributed by atoms with van der Waals surface area (Å²) in [5, 5.41) is 0. The average molecular weight is 479 g/mol. The van der Waals surface area contributed by atoms with Crippen LogP contribution in [0.2, 0.25) is 0 Å². The van der Waals surface area contributed by atoms with Crippen LogP contribution in [-0.2, 0) is 12.8 Å². The van der Waals surface area contributed by atoms with Crippen LogP contribution in [0.3, 0.4) is 0 Å². The van der Waals surface area contributed by atoms with Crippen LogP contribution < -0.4 is 4.74 Å². The first-order chi connectivity index (χ1) is 17.3. The van der Waals surface area contributed by atoms with Gasteiger partial charge in [-0.15, -0.1) is 0 Å². The van der Waals surface area contributed by atoms with Crippen molar-refractivity contribution in [2.24, 2.45) is 5.92 Å². The third kappa shape index (κ3) is 10.7. The highest BCUT2D eigenvalue weighted by molar-refractivity contribution is 5.27. The smallest absolute Gasteiger partial charge is 0.131 e. The summed E-state index contributed by atoms with van der Waals surface area (Å²) < 4.78 is 6.16. The summed E-state index contributed by atoms with van der Waals surface area (Å²) in [6.45, 7) is 5.37. The molecule has 2 aromatic rings. The second-order valence-corrected chi connectivity index (χ2v) is 10.8. The van der Waals surface area contributed by atoms with E-state index in [0.717, 1.165) is 24.6 Å². The fourth-order valence-corrected chi connectivity index (χ4v) is 5.30. The number of hydrogen-bond acceptors (Lipinski definition) is 3. The van der Waals surface area contributed by atoms with Crippen molar-refractivity contribution in [1.82, 2.24) is 9.97 Å². The lowest BCUT2D eigenvalue weighted by Gasteiger charge is -2.27. The van der Waals surface area contributed by atoms with Gasteiger partial charge < -0.3 is 4.74 Å². The maximum absolute atomic E-state index is 6.16. The number of nitrogens with zero attached hydrogens (tertiary/aromatic N) is 2. The van der Waals surface area contributed by atoms with Crippen molar-refractivity contribution in [3.05, 3.63) is 53.6 Å². The molecule has 0 atom stereocenters. The molecule has 3 heteroatoms. The molecule has 1 aliphatic rings. The summed E-state index contributed by atoms with van der Waals surface area (Å²) in [4.78, 5) is 9.46. The van der Waals surface area contributed by atoms with Crippen LogP contribution in [-0.4, -0.2) is 16.6 Å². The zero-order valence-corrected chi connectivity index (χ0v) is 22.6. The summed E-state index contributed by atoms with van der Waals surface area (Å²) in [6, 6.07) is 8.85. The Bertz CT molecular complexity index is 778. The molecule has 0 bridgehead atoms. The first kappa shape index (κ1) is 27.7. The van der Waals surface area contributed by atoms with Crippen molar-refractivity contribution in [2.45, 2.75) is 129 Å². The minimum atomic E-state index is 0.520. The van der Waals surface area contributed by atoms with Gasteiger partial charge in [0.1, 0.15) is 11.6 Å². The number of rotatable bonds is 17. The lowest BCUT2D eigenvalue weighted by atomic mass is 9.82. The van der Waals surface area contributed by atoms with Crippen molar-refractivity contribution in [2.75, 3.05) is 6.61 Å². The molecule has 0 saturated heterocycles. The molecule has 1 fully saturated rings. The first-order valence-corrected chi connectivity index (χ1v) is 14.8. The number of hydrogen-bond donors (Lipinski definition) is 0. The Hall–Kier alpha value is -1.90. The van der Waals surface area contributed by atoms with E-state index < -0.39 is 0 Å². The van der Waals surface area contributed by atoms with E-state index in [4.69, 9.17) is 14.7 Å². The number of ether oxygens (including phenoxy) is 1. The second-order valence-electron chi connectivity index (χ2n) is 10.8. The van der Waals surface area contributed by atoms with Gasteiger partial charge in [-0.05, 0) is 80.5 Å². The molecule has 3 rings (SSSR count). The maximum atomic E-state index is 6.16. The topological polar surface area (TPSA) is 35.0 Å². The normalized spacial score (nSPS) is 18.0. The van der Waals surface area contributed by atoms with Gasteiger partial charge in [0.25, 0.3) is 0 Å². The summed E-state index contributed by atoms with van der Waals surface area (Å²) in [6.07, 6.45) is 26.0. The fraction of sp³-hybridized carbons (Fsp3) is 0.688. The molecular weight excluding hydrogens is 428 g/mol. The number of unbranched alkanes of at least 4 members (excludes halogenated alkanes) is 9. The minimum absolute atomic E-state index is 0.520. The van der Waals surface area contributed by atoms with Gasteiger partial charge in [0.15, 0.2) is 0 Å². The highest BCUT2D eigenvalue weighted by Gasteiger charge is 2.24. The van der Waals surface area contributed by atoms with E-state index in [1.165, 1.54) is 114 Å². The fourth-order valence-electron chi connectivity index (χ4n) is 5.30. The molecule has 0 unspecified atom stereocenters. The van der Waals surface area contributed by atoms with Gasteiger partial charge in [-0.1, -0.05) is 83.8 Å². The Morgan fingerprint density at radius 1 is 0.657 bits per heavy atom. The predicted octanol–water partition coefficient (Wildman–Crippen LogP) is 9.25. The van der Waals surface area contributed by atoms with Crippen LogP contribution in [0.15, 0.2) is 36.7 Å². The van der Waals surface area contributed by atoms with Gasteiger partial charge in [0.05, 0.1) is 6.61 Å². The van der Waals surface area contributed by atoms with Crippen molar-refractivity contribution in [1.29, 1.82) is 0 Å². The molecule has 0 aliphatic heterocycles. The molecule has 1 saturated carbocycles. The van der Waals surface area contributed by atoms with Gasteiger partial charge in [-0.25, -0.2) is 9.97 Å². The van der Waals surface area contributed by atoms with Crippen LogP contribution in [0.25, 0.3) is 0 Å². The Balaban J connectivity index is 1.29. The Kier molecular flexibility index (Phi) is 13.2. The molecule has 1 heterocycles. The van der Waals surface area contributed by atoms with Crippen LogP contribution in [0.5, 0.6) is 5.75 Å². The van der Waals surface area contributed by atoms with Crippen LogP contribution in [0.4, 0.5) is 0 Å². The van der Waals surface area contributed by atoms with Crippen molar-refractivity contribution in [3.63, 3.8) is 0 Å². The van der Waals surface area contributed by atoms with Gasteiger partial charge in [-0.2, -0.15) is 0 Å². The molecule has 35 heavy (non-hydrogen) atoms. The van der Waals surface area contributed by atoms with E-state index in [9.17, 15) is 0 Å². The zero-order chi connectivity index (χ0) is 24.6. The molecular formula is C32H50N2O. The minimum Gasteiger partial charge on any atom is -0.493 e. The molecule has 1 aromatic heterocycles. The highest BCUT2D eigenvalue weighted by Crippen LogP contribution is 2.34. The largest absolute Gasteiger partial charge is 0.493 e. The highest BCUT2D eigenvalue weighted by atomic mass is 16.5. The van der Waals surface area contributed by atoms with Crippen molar-refractivity contribution in [3.8, 4) is 5.75 Å². The number of benzene rings is 1. The lowest BCUT2D eigenvalue weighted by Crippen LogP contribution is -2.20. The Labute approximate surface area is 215 Å². The first-order valence-electron chi connectivity index (χ1n) is 14.8. The quantitative estimate of drug-likeness (QED) is 0.212. The monoisotopic (exact) mass is 478 g/mol. The van der Waals surface area contributed by atoms with E-state index in [1.807, 2.05) is 0 Å². The van der Waals surface area contributed by atoms with E-state index in [2.05, 4.69) is 50.5 Å². The number of aryl methyl sites for hydroxylation is 2. The molecule has 0 amide bonds.